The van der Waals surface area contributed by atoms with Crippen molar-refractivity contribution in [3.63, 3.8) is 0 Å². The van der Waals surface area contributed by atoms with Crippen LogP contribution in [-0.2, 0) is 11.3 Å². The highest BCUT2D eigenvalue weighted by Gasteiger charge is 2.23. The number of rotatable bonds is 5. The van der Waals surface area contributed by atoms with Crippen molar-refractivity contribution in [2.45, 2.75) is 39.2 Å². The lowest BCUT2D eigenvalue weighted by molar-refractivity contribution is -0.131. The molecule has 0 fully saturated rings. The number of nitrogens with one attached hydrogen (secondary N) is 1. The molecule has 2 aromatic carbocycles. The van der Waals surface area contributed by atoms with Gasteiger partial charge in [-0.15, -0.1) is 0 Å². The molecule has 0 aromatic heterocycles. The summed E-state index contributed by atoms with van der Waals surface area (Å²) in [7, 11) is 0. The molecular weight excluding hydrogens is 370 g/mol. The number of fused-ring (bicyclic) bond motifs is 1. The van der Waals surface area contributed by atoms with Crippen molar-refractivity contribution >= 4 is 11.6 Å². The molecule has 0 atom stereocenters. The van der Waals surface area contributed by atoms with Gasteiger partial charge in [0.2, 0.25) is 5.91 Å². The van der Waals surface area contributed by atoms with Crippen LogP contribution in [-0.4, -0.2) is 30.4 Å². The Bertz CT molecular complexity index is 933. The second-order valence-corrected chi connectivity index (χ2v) is 8.11. The van der Waals surface area contributed by atoms with Gasteiger partial charge in [0.05, 0.1) is 0 Å². The molecule has 2 aromatic rings. The third-order valence-corrected chi connectivity index (χ3v) is 5.87. The number of hydrogen-bond acceptors (Lipinski definition) is 3. The standard InChI is InChI=1S/C26H31N3O/c1-2-8-26(30)29-16-15-28(19-21-9-6-7-14-27-18-21)25-13-12-23(17-24(25)20-29)22-10-4-3-5-11-22/h3-5,7,10-14,17-18,27H,2,6,8-9,15-16,19-20H2,1H3. The summed E-state index contributed by atoms with van der Waals surface area (Å²) >= 11 is 0. The molecule has 1 amide bonds. The summed E-state index contributed by atoms with van der Waals surface area (Å²) in [5.74, 6) is 0.259. The van der Waals surface area contributed by atoms with Gasteiger partial charge in [-0.05, 0) is 59.9 Å². The van der Waals surface area contributed by atoms with Crippen LogP contribution in [0.3, 0.4) is 0 Å². The van der Waals surface area contributed by atoms with Crippen LogP contribution in [0.1, 0.15) is 38.2 Å². The smallest absolute Gasteiger partial charge is 0.222 e. The fourth-order valence-corrected chi connectivity index (χ4v) is 4.25. The van der Waals surface area contributed by atoms with Gasteiger partial charge in [-0.2, -0.15) is 0 Å². The molecule has 1 N–H and O–H groups in total. The van der Waals surface area contributed by atoms with Gasteiger partial charge in [0, 0.05) is 44.5 Å². The first-order chi connectivity index (χ1) is 14.7. The molecule has 2 aliphatic rings. The topological polar surface area (TPSA) is 35.6 Å². The van der Waals surface area contributed by atoms with E-state index in [1.807, 2.05) is 17.2 Å². The van der Waals surface area contributed by atoms with Gasteiger partial charge in [0.15, 0.2) is 0 Å². The maximum Gasteiger partial charge on any atom is 0.222 e. The second-order valence-electron chi connectivity index (χ2n) is 8.11. The maximum atomic E-state index is 12.7. The molecule has 4 heteroatoms. The first-order valence-corrected chi connectivity index (χ1v) is 11.0. The Balaban J connectivity index is 1.65. The van der Waals surface area contributed by atoms with Crippen molar-refractivity contribution in [1.82, 2.24) is 10.2 Å². The molecule has 0 bridgehead atoms. The third kappa shape index (κ3) is 4.76. The number of amides is 1. The van der Waals surface area contributed by atoms with E-state index in [4.69, 9.17) is 0 Å². The zero-order valence-electron chi connectivity index (χ0n) is 17.8. The van der Waals surface area contributed by atoms with Crippen LogP contribution in [0.4, 0.5) is 5.69 Å². The Labute approximate surface area is 179 Å². The van der Waals surface area contributed by atoms with Crippen molar-refractivity contribution in [3.8, 4) is 11.1 Å². The molecule has 0 saturated heterocycles. The van der Waals surface area contributed by atoms with Crippen molar-refractivity contribution in [2.75, 3.05) is 24.5 Å². The molecule has 156 valence electrons. The highest BCUT2D eigenvalue weighted by Crippen LogP contribution is 2.31. The normalized spacial score (nSPS) is 16.2. The molecule has 2 aliphatic heterocycles. The molecule has 30 heavy (non-hydrogen) atoms. The van der Waals surface area contributed by atoms with Gasteiger partial charge < -0.3 is 15.1 Å². The van der Waals surface area contributed by atoms with Crippen LogP contribution < -0.4 is 10.2 Å². The van der Waals surface area contributed by atoms with E-state index >= 15 is 0 Å². The molecule has 0 aliphatic carbocycles. The zero-order valence-corrected chi connectivity index (χ0v) is 17.8. The van der Waals surface area contributed by atoms with Gasteiger partial charge >= 0.3 is 0 Å². The first kappa shape index (κ1) is 20.3. The van der Waals surface area contributed by atoms with Gasteiger partial charge in [-0.1, -0.05) is 49.4 Å². The average Bonchev–Trinajstić information content (AvgIpc) is 3.14. The molecule has 4 nitrogen and oxygen atoms in total. The Morgan fingerprint density at radius 3 is 2.77 bits per heavy atom. The minimum atomic E-state index is 0.259. The summed E-state index contributed by atoms with van der Waals surface area (Å²) in [6.45, 7) is 5.28. The lowest BCUT2D eigenvalue weighted by Crippen LogP contribution is -2.36. The Hall–Kier alpha value is -3.01. The summed E-state index contributed by atoms with van der Waals surface area (Å²) in [4.78, 5) is 17.2. The fourth-order valence-electron chi connectivity index (χ4n) is 4.25. The summed E-state index contributed by atoms with van der Waals surface area (Å²) in [6, 6.07) is 17.2. The number of carbonyl (C=O) groups is 1. The first-order valence-electron chi connectivity index (χ1n) is 11.0. The Morgan fingerprint density at radius 1 is 1.07 bits per heavy atom. The van der Waals surface area contributed by atoms with E-state index in [2.05, 4.69) is 71.9 Å². The summed E-state index contributed by atoms with van der Waals surface area (Å²) in [5.41, 5.74) is 6.30. The Morgan fingerprint density at radius 2 is 1.93 bits per heavy atom. The van der Waals surface area contributed by atoms with Gasteiger partial charge in [-0.3, -0.25) is 4.79 Å². The molecule has 0 radical (unpaired) electrons. The zero-order chi connectivity index (χ0) is 20.8. The van der Waals surface area contributed by atoms with Crippen molar-refractivity contribution in [2.24, 2.45) is 0 Å². The van der Waals surface area contributed by atoms with E-state index in [9.17, 15) is 4.79 Å². The van der Waals surface area contributed by atoms with Crippen molar-refractivity contribution in [1.29, 1.82) is 0 Å². The summed E-state index contributed by atoms with van der Waals surface area (Å²) in [5, 5.41) is 3.27. The third-order valence-electron chi connectivity index (χ3n) is 5.87. The van der Waals surface area contributed by atoms with Gasteiger partial charge in [0.1, 0.15) is 0 Å². The van der Waals surface area contributed by atoms with Crippen molar-refractivity contribution in [3.05, 3.63) is 78.1 Å². The highest BCUT2D eigenvalue weighted by molar-refractivity contribution is 5.77. The van der Waals surface area contributed by atoms with Crippen LogP contribution in [0.25, 0.3) is 11.1 Å². The number of hydrogen-bond donors (Lipinski definition) is 1. The quantitative estimate of drug-likeness (QED) is 0.759. The van der Waals surface area contributed by atoms with Crippen LogP contribution in [0, 0.1) is 0 Å². The average molecular weight is 402 g/mol. The molecule has 4 rings (SSSR count). The molecule has 2 heterocycles. The molecular formula is C26H31N3O. The number of anilines is 1. The minimum absolute atomic E-state index is 0.259. The van der Waals surface area contributed by atoms with E-state index in [0.29, 0.717) is 13.0 Å². The van der Waals surface area contributed by atoms with Crippen LogP contribution in [0.15, 0.2) is 72.6 Å². The molecule has 0 saturated carbocycles. The van der Waals surface area contributed by atoms with Crippen LogP contribution >= 0.6 is 0 Å². The van der Waals surface area contributed by atoms with Crippen molar-refractivity contribution < 1.29 is 4.79 Å². The minimum Gasteiger partial charge on any atom is -0.368 e. The van der Waals surface area contributed by atoms with Crippen LogP contribution in [0.5, 0.6) is 0 Å². The van der Waals surface area contributed by atoms with E-state index in [0.717, 1.165) is 38.9 Å². The number of allylic oxidation sites excluding steroid dienone is 1. The van der Waals surface area contributed by atoms with Crippen LogP contribution in [0.2, 0.25) is 0 Å². The van der Waals surface area contributed by atoms with E-state index < -0.39 is 0 Å². The van der Waals surface area contributed by atoms with E-state index in [1.165, 1.54) is 28.0 Å². The monoisotopic (exact) mass is 401 g/mol. The summed E-state index contributed by atoms with van der Waals surface area (Å²) in [6.07, 6.45) is 9.96. The number of nitrogens with zero attached hydrogens (tertiary/aromatic N) is 2. The van der Waals surface area contributed by atoms with E-state index in [-0.39, 0.29) is 5.91 Å². The van der Waals surface area contributed by atoms with Gasteiger partial charge in [-0.25, -0.2) is 0 Å². The fraction of sp³-hybridized carbons (Fsp3) is 0.346. The molecule has 0 unspecified atom stereocenters. The van der Waals surface area contributed by atoms with Gasteiger partial charge in [0.25, 0.3) is 0 Å². The lowest BCUT2D eigenvalue weighted by atomic mass is 10.0. The predicted molar refractivity (Wildman–Crippen MR) is 124 cm³/mol. The highest BCUT2D eigenvalue weighted by atomic mass is 16.2. The summed E-state index contributed by atoms with van der Waals surface area (Å²) < 4.78 is 0. The Kier molecular flexibility index (Phi) is 6.53. The molecule has 0 spiro atoms. The lowest BCUT2D eigenvalue weighted by Gasteiger charge is -2.26. The number of carbonyl (C=O) groups excluding carboxylic acids is 1. The SMILES string of the molecule is CCCC(=O)N1CCN(CC2=CNC=CCC2)c2ccc(-c3ccccc3)cc2C1. The predicted octanol–water partition coefficient (Wildman–Crippen LogP) is 5.08. The number of benzene rings is 2. The second kappa shape index (κ2) is 9.66. The largest absolute Gasteiger partial charge is 0.368 e. The van der Waals surface area contributed by atoms with E-state index in [1.54, 1.807) is 0 Å². The maximum absolute atomic E-state index is 12.7.